The highest BCUT2D eigenvalue weighted by Crippen LogP contribution is 2.33. The normalized spacial score (nSPS) is 23.9. The van der Waals surface area contributed by atoms with Crippen molar-refractivity contribution in [2.75, 3.05) is 5.32 Å². The molecule has 2 atom stereocenters. The minimum absolute atomic E-state index is 0.313. The fraction of sp³-hybridized carbons (Fsp3) is 0.667. The monoisotopic (exact) mass is 286 g/mol. The lowest BCUT2D eigenvalue weighted by molar-refractivity contribution is -0.137. The van der Waals surface area contributed by atoms with Gasteiger partial charge in [-0.3, -0.25) is 0 Å². The Kier molecular flexibility index (Phi) is 4.55. The zero-order chi connectivity index (χ0) is 14.8. The van der Waals surface area contributed by atoms with E-state index in [0.717, 1.165) is 18.7 Å². The van der Waals surface area contributed by atoms with Crippen molar-refractivity contribution < 1.29 is 13.2 Å². The summed E-state index contributed by atoms with van der Waals surface area (Å²) in [5, 5.41) is 3.31. The molecular formula is C15H21F3N2. The maximum atomic E-state index is 12.5. The van der Waals surface area contributed by atoms with Crippen LogP contribution in [-0.4, -0.2) is 11.0 Å². The van der Waals surface area contributed by atoms with Crippen LogP contribution in [0.25, 0.3) is 0 Å². The van der Waals surface area contributed by atoms with E-state index in [1.54, 1.807) is 0 Å². The Morgan fingerprint density at radius 3 is 2.45 bits per heavy atom. The maximum absolute atomic E-state index is 12.5. The lowest BCUT2D eigenvalue weighted by atomic mass is 9.78. The van der Waals surface area contributed by atoms with Crippen molar-refractivity contribution in [3.05, 3.63) is 23.9 Å². The third kappa shape index (κ3) is 3.64. The molecule has 0 aromatic carbocycles. The van der Waals surface area contributed by atoms with Crippen molar-refractivity contribution in [2.24, 2.45) is 11.8 Å². The molecule has 1 aliphatic rings. The van der Waals surface area contributed by atoms with Gasteiger partial charge in [-0.05, 0) is 36.8 Å². The predicted octanol–water partition coefficient (Wildman–Crippen LogP) is 4.73. The smallest absolute Gasteiger partial charge is 0.367 e. The van der Waals surface area contributed by atoms with Crippen LogP contribution >= 0.6 is 0 Å². The molecule has 112 valence electrons. The van der Waals surface area contributed by atoms with Crippen LogP contribution in [0.3, 0.4) is 0 Å². The van der Waals surface area contributed by atoms with E-state index in [4.69, 9.17) is 0 Å². The number of nitrogens with one attached hydrogen (secondary N) is 1. The number of anilines is 1. The third-order valence-electron chi connectivity index (χ3n) is 4.10. The highest BCUT2D eigenvalue weighted by molar-refractivity contribution is 5.37. The number of hydrogen-bond acceptors (Lipinski definition) is 2. The van der Waals surface area contributed by atoms with Crippen LogP contribution in [0.1, 0.15) is 45.1 Å². The van der Waals surface area contributed by atoms with E-state index in [9.17, 15) is 13.2 Å². The van der Waals surface area contributed by atoms with Crippen LogP contribution < -0.4 is 5.32 Å². The zero-order valence-electron chi connectivity index (χ0n) is 11.9. The van der Waals surface area contributed by atoms with Crippen LogP contribution in [0, 0.1) is 11.8 Å². The van der Waals surface area contributed by atoms with Gasteiger partial charge < -0.3 is 5.32 Å². The lowest BCUT2D eigenvalue weighted by Crippen LogP contribution is -2.35. The molecule has 0 spiro atoms. The van der Waals surface area contributed by atoms with E-state index >= 15 is 0 Å². The van der Waals surface area contributed by atoms with Crippen LogP contribution in [-0.2, 0) is 6.18 Å². The molecule has 5 heteroatoms. The van der Waals surface area contributed by atoms with E-state index < -0.39 is 11.7 Å². The highest BCUT2D eigenvalue weighted by Gasteiger charge is 2.31. The summed E-state index contributed by atoms with van der Waals surface area (Å²) in [7, 11) is 0. The zero-order valence-corrected chi connectivity index (χ0v) is 11.9. The molecule has 20 heavy (non-hydrogen) atoms. The first-order valence-corrected chi connectivity index (χ1v) is 7.17. The summed E-state index contributed by atoms with van der Waals surface area (Å²) >= 11 is 0. The van der Waals surface area contributed by atoms with Crippen LogP contribution in [0.4, 0.5) is 19.0 Å². The van der Waals surface area contributed by atoms with E-state index in [1.807, 2.05) is 0 Å². The van der Waals surface area contributed by atoms with Crippen molar-refractivity contribution >= 4 is 5.82 Å². The Morgan fingerprint density at radius 2 is 1.90 bits per heavy atom. The van der Waals surface area contributed by atoms with Crippen molar-refractivity contribution in [1.29, 1.82) is 0 Å². The van der Waals surface area contributed by atoms with Gasteiger partial charge in [0.15, 0.2) is 0 Å². The first-order valence-electron chi connectivity index (χ1n) is 7.17. The van der Waals surface area contributed by atoms with Gasteiger partial charge in [-0.25, -0.2) is 4.98 Å². The van der Waals surface area contributed by atoms with Crippen molar-refractivity contribution in [3.8, 4) is 0 Å². The van der Waals surface area contributed by atoms with Crippen LogP contribution in [0.5, 0.6) is 0 Å². The van der Waals surface area contributed by atoms with Gasteiger partial charge in [-0.1, -0.05) is 26.7 Å². The second kappa shape index (κ2) is 6.02. The number of aromatic nitrogens is 1. The number of halogens is 3. The number of alkyl halides is 3. The summed E-state index contributed by atoms with van der Waals surface area (Å²) < 4.78 is 37.5. The van der Waals surface area contributed by atoms with Crippen LogP contribution in [0.15, 0.2) is 18.3 Å². The summed E-state index contributed by atoms with van der Waals surface area (Å²) in [5.74, 6) is 1.67. The second-order valence-electron chi connectivity index (χ2n) is 5.87. The van der Waals surface area contributed by atoms with E-state index in [0.29, 0.717) is 23.7 Å². The SMILES string of the molecule is CC(C)C1CCCCC1Nc1ccc(C(F)(F)F)cn1. The summed E-state index contributed by atoms with van der Waals surface area (Å²) in [4.78, 5) is 3.90. The summed E-state index contributed by atoms with van der Waals surface area (Å²) in [6.07, 6.45) is 1.22. The third-order valence-corrected chi connectivity index (χ3v) is 4.10. The fourth-order valence-corrected chi connectivity index (χ4v) is 2.97. The largest absolute Gasteiger partial charge is 0.417 e. The molecule has 1 aliphatic carbocycles. The average Bonchev–Trinajstić information content (AvgIpc) is 2.38. The van der Waals surface area contributed by atoms with Gasteiger partial charge in [0.2, 0.25) is 0 Å². The van der Waals surface area contributed by atoms with Gasteiger partial charge in [0.25, 0.3) is 0 Å². The standard InChI is InChI=1S/C15H21F3N2/c1-10(2)12-5-3-4-6-13(12)20-14-8-7-11(9-19-14)15(16,17)18/h7-10,12-13H,3-6H2,1-2H3,(H,19,20). The highest BCUT2D eigenvalue weighted by atomic mass is 19.4. The van der Waals surface area contributed by atoms with Crippen molar-refractivity contribution in [3.63, 3.8) is 0 Å². The molecular weight excluding hydrogens is 265 g/mol. The Labute approximate surface area is 117 Å². The number of pyridine rings is 1. The van der Waals surface area contributed by atoms with Gasteiger partial charge in [-0.2, -0.15) is 13.2 Å². The molecule has 0 bridgehead atoms. The molecule has 0 aliphatic heterocycles. The number of nitrogens with zero attached hydrogens (tertiary/aromatic N) is 1. The van der Waals surface area contributed by atoms with Gasteiger partial charge >= 0.3 is 6.18 Å². The molecule has 0 saturated heterocycles. The Bertz CT molecular complexity index is 426. The topological polar surface area (TPSA) is 24.9 Å². The predicted molar refractivity (Wildman–Crippen MR) is 73.4 cm³/mol. The lowest BCUT2D eigenvalue weighted by Gasteiger charge is -2.35. The molecule has 0 amide bonds. The molecule has 2 nitrogen and oxygen atoms in total. The molecule has 1 fully saturated rings. The van der Waals surface area contributed by atoms with E-state index in [1.165, 1.54) is 25.3 Å². The molecule has 1 N–H and O–H groups in total. The summed E-state index contributed by atoms with van der Waals surface area (Å²) in [5.41, 5.74) is -0.702. The molecule has 2 rings (SSSR count). The number of hydrogen-bond donors (Lipinski definition) is 1. The van der Waals surface area contributed by atoms with Crippen molar-refractivity contribution in [1.82, 2.24) is 4.98 Å². The van der Waals surface area contributed by atoms with Crippen LogP contribution in [0.2, 0.25) is 0 Å². The second-order valence-corrected chi connectivity index (χ2v) is 5.87. The Morgan fingerprint density at radius 1 is 1.20 bits per heavy atom. The van der Waals surface area contributed by atoms with E-state index in [2.05, 4.69) is 24.1 Å². The summed E-state index contributed by atoms with van der Waals surface area (Å²) in [6.45, 7) is 4.40. The van der Waals surface area contributed by atoms with E-state index in [-0.39, 0.29) is 0 Å². The molecule has 1 aromatic rings. The molecule has 1 saturated carbocycles. The minimum Gasteiger partial charge on any atom is -0.367 e. The molecule has 1 aromatic heterocycles. The Balaban J connectivity index is 2.05. The van der Waals surface area contributed by atoms with Gasteiger partial charge in [-0.15, -0.1) is 0 Å². The quantitative estimate of drug-likeness (QED) is 0.869. The van der Waals surface area contributed by atoms with Crippen molar-refractivity contribution in [2.45, 2.75) is 51.7 Å². The van der Waals surface area contributed by atoms with Gasteiger partial charge in [0.05, 0.1) is 5.56 Å². The fourth-order valence-electron chi connectivity index (χ4n) is 2.97. The first kappa shape index (κ1) is 15.1. The minimum atomic E-state index is -4.32. The summed E-state index contributed by atoms with van der Waals surface area (Å²) in [6, 6.07) is 2.82. The molecule has 0 radical (unpaired) electrons. The number of rotatable bonds is 3. The van der Waals surface area contributed by atoms with Gasteiger partial charge in [0, 0.05) is 12.2 Å². The molecule has 2 unspecified atom stereocenters. The first-order chi connectivity index (χ1) is 9.38. The maximum Gasteiger partial charge on any atom is 0.417 e. The molecule has 1 heterocycles. The Hall–Kier alpha value is -1.26. The van der Waals surface area contributed by atoms with Gasteiger partial charge in [0.1, 0.15) is 5.82 Å². The average molecular weight is 286 g/mol.